The van der Waals surface area contributed by atoms with E-state index in [1.165, 1.54) is 0 Å². The number of amides is 1. The molecule has 1 aromatic heterocycles. The number of aliphatic carboxylic acids is 1. The van der Waals surface area contributed by atoms with Gasteiger partial charge in [0.05, 0.1) is 18.2 Å². The Labute approximate surface area is 92.1 Å². The number of carboxylic acid groups (broad SMARTS) is 1. The fourth-order valence-electron chi connectivity index (χ4n) is 1.63. The topological polar surface area (TPSA) is 95.1 Å². The summed E-state index contributed by atoms with van der Waals surface area (Å²) in [6.45, 7) is 0.504. The zero-order chi connectivity index (χ0) is 11.5. The minimum atomic E-state index is -0.881. The van der Waals surface area contributed by atoms with Crippen molar-refractivity contribution in [2.75, 3.05) is 6.54 Å². The predicted molar refractivity (Wildman–Crippen MR) is 54.5 cm³/mol. The molecule has 0 radical (unpaired) electrons. The molecule has 6 heteroatoms. The lowest BCUT2D eigenvalue weighted by Crippen LogP contribution is -2.28. The Hall–Kier alpha value is -1.85. The summed E-state index contributed by atoms with van der Waals surface area (Å²) in [6, 6.07) is 0. The minimum absolute atomic E-state index is 0.160. The van der Waals surface area contributed by atoms with E-state index in [1.54, 1.807) is 12.5 Å². The first-order valence-corrected chi connectivity index (χ1v) is 5.16. The van der Waals surface area contributed by atoms with E-state index >= 15 is 0 Å². The van der Waals surface area contributed by atoms with E-state index < -0.39 is 11.9 Å². The second kappa shape index (κ2) is 4.34. The zero-order valence-corrected chi connectivity index (χ0v) is 8.64. The molecular formula is C10H13N3O3. The highest BCUT2D eigenvalue weighted by molar-refractivity contribution is 5.89. The molecule has 1 aliphatic rings. The SMILES string of the molecule is O=C(O)C1CC1C(=O)NCCc1cnc[nH]1. The maximum atomic E-state index is 11.4. The van der Waals surface area contributed by atoms with Crippen LogP contribution in [0, 0.1) is 11.8 Å². The first-order chi connectivity index (χ1) is 7.68. The Bertz CT molecular complexity index is 388. The molecule has 6 nitrogen and oxygen atoms in total. The summed E-state index contributed by atoms with van der Waals surface area (Å²) in [6.07, 6.45) is 4.42. The Morgan fingerprint density at radius 1 is 1.56 bits per heavy atom. The molecule has 0 spiro atoms. The first-order valence-electron chi connectivity index (χ1n) is 5.16. The highest BCUT2D eigenvalue weighted by Crippen LogP contribution is 2.38. The van der Waals surface area contributed by atoms with Gasteiger partial charge in [0.2, 0.25) is 5.91 Å². The van der Waals surface area contributed by atoms with E-state index in [2.05, 4.69) is 15.3 Å². The van der Waals surface area contributed by atoms with Crippen LogP contribution in [0.4, 0.5) is 0 Å². The maximum Gasteiger partial charge on any atom is 0.307 e. The van der Waals surface area contributed by atoms with Crippen LogP contribution in [0.2, 0.25) is 0 Å². The van der Waals surface area contributed by atoms with Gasteiger partial charge in [0.1, 0.15) is 0 Å². The van der Waals surface area contributed by atoms with Gasteiger partial charge in [-0.25, -0.2) is 4.98 Å². The average molecular weight is 223 g/mol. The van der Waals surface area contributed by atoms with Gasteiger partial charge in [-0.1, -0.05) is 0 Å². The van der Waals surface area contributed by atoms with Crippen LogP contribution in [-0.2, 0) is 16.0 Å². The van der Waals surface area contributed by atoms with Gasteiger partial charge in [-0.05, 0) is 6.42 Å². The summed E-state index contributed by atoms with van der Waals surface area (Å²) in [5, 5.41) is 11.4. The summed E-state index contributed by atoms with van der Waals surface area (Å²) in [5.74, 6) is -1.85. The van der Waals surface area contributed by atoms with Crippen molar-refractivity contribution in [3.05, 3.63) is 18.2 Å². The van der Waals surface area contributed by atoms with E-state index in [0.29, 0.717) is 19.4 Å². The summed E-state index contributed by atoms with van der Waals surface area (Å²) < 4.78 is 0. The largest absolute Gasteiger partial charge is 0.481 e. The molecule has 2 unspecified atom stereocenters. The van der Waals surface area contributed by atoms with Crippen molar-refractivity contribution in [1.82, 2.24) is 15.3 Å². The molecule has 1 heterocycles. The van der Waals surface area contributed by atoms with Crippen LogP contribution in [-0.4, -0.2) is 33.5 Å². The fourth-order valence-corrected chi connectivity index (χ4v) is 1.63. The van der Waals surface area contributed by atoms with Crippen molar-refractivity contribution in [3.63, 3.8) is 0 Å². The number of nitrogens with zero attached hydrogens (tertiary/aromatic N) is 1. The van der Waals surface area contributed by atoms with Crippen molar-refractivity contribution in [3.8, 4) is 0 Å². The van der Waals surface area contributed by atoms with Crippen LogP contribution in [0.25, 0.3) is 0 Å². The lowest BCUT2D eigenvalue weighted by atomic mass is 10.3. The average Bonchev–Trinajstić information content (AvgIpc) is 2.90. The molecule has 1 fully saturated rings. The predicted octanol–water partition coefficient (Wildman–Crippen LogP) is -0.211. The number of aromatic nitrogens is 2. The monoisotopic (exact) mass is 223 g/mol. The highest BCUT2D eigenvalue weighted by Gasteiger charge is 2.48. The molecular weight excluding hydrogens is 210 g/mol. The van der Waals surface area contributed by atoms with Crippen molar-refractivity contribution >= 4 is 11.9 Å². The molecule has 2 rings (SSSR count). The Morgan fingerprint density at radius 3 is 2.94 bits per heavy atom. The summed E-state index contributed by atoms with van der Waals surface area (Å²) in [7, 11) is 0. The number of imidazole rings is 1. The number of hydrogen-bond donors (Lipinski definition) is 3. The number of aromatic amines is 1. The zero-order valence-electron chi connectivity index (χ0n) is 8.64. The van der Waals surface area contributed by atoms with Gasteiger partial charge < -0.3 is 15.4 Å². The van der Waals surface area contributed by atoms with E-state index in [4.69, 9.17) is 5.11 Å². The standard InChI is InChI=1S/C10H13N3O3/c14-9(7-3-8(7)10(15)16)12-2-1-6-4-11-5-13-6/h4-5,7-8H,1-3H2,(H,11,13)(H,12,14)(H,15,16). The molecule has 1 aromatic rings. The Morgan fingerprint density at radius 2 is 2.38 bits per heavy atom. The fraction of sp³-hybridized carbons (Fsp3) is 0.500. The molecule has 0 bridgehead atoms. The van der Waals surface area contributed by atoms with E-state index in [1.807, 2.05) is 0 Å². The molecule has 0 aromatic carbocycles. The third-order valence-corrected chi connectivity index (χ3v) is 2.69. The quantitative estimate of drug-likeness (QED) is 0.643. The molecule has 0 saturated heterocycles. The van der Waals surface area contributed by atoms with Gasteiger partial charge in [-0.15, -0.1) is 0 Å². The lowest BCUT2D eigenvalue weighted by molar-refractivity contribution is -0.140. The van der Waals surface area contributed by atoms with Crippen LogP contribution >= 0.6 is 0 Å². The molecule has 1 amide bonds. The number of carbonyl (C=O) groups is 2. The molecule has 1 aliphatic carbocycles. The van der Waals surface area contributed by atoms with Crippen molar-refractivity contribution < 1.29 is 14.7 Å². The van der Waals surface area contributed by atoms with Crippen LogP contribution in [0.1, 0.15) is 12.1 Å². The van der Waals surface area contributed by atoms with Crippen LogP contribution in [0.3, 0.4) is 0 Å². The van der Waals surface area contributed by atoms with Gasteiger partial charge in [-0.2, -0.15) is 0 Å². The van der Waals surface area contributed by atoms with Gasteiger partial charge in [-0.3, -0.25) is 9.59 Å². The first kappa shape index (κ1) is 10.7. The van der Waals surface area contributed by atoms with Crippen LogP contribution < -0.4 is 5.32 Å². The van der Waals surface area contributed by atoms with E-state index in [9.17, 15) is 9.59 Å². The number of H-pyrrole nitrogens is 1. The van der Waals surface area contributed by atoms with E-state index in [-0.39, 0.29) is 11.8 Å². The summed E-state index contributed by atoms with van der Waals surface area (Å²) >= 11 is 0. The molecule has 1 saturated carbocycles. The normalized spacial score (nSPS) is 22.8. The number of rotatable bonds is 5. The molecule has 16 heavy (non-hydrogen) atoms. The van der Waals surface area contributed by atoms with Gasteiger partial charge in [0, 0.05) is 24.9 Å². The molecule has 3 N–H and O–H groups in total. The summed E-state index contributed by atoms with van der Waals surface area (Å²) in [4.78, 5) is 28.8. The number of carboxylic acids is 1. The van der Waals surface area contributed by atoms with Gasteiger partial charge in [0.25, 0.3) is 0 Å². The minimum Gasteiger partial charge on any atom is -0.481 e. The number of carbonyl (C=O) groups excluding carboxylic acids is 1. The number of hydrogen-bond acceptors (Lipinski definition) is 3. The lowest BCUT2D eigenvalue weighted by Gasteiger charge is -2.02. The van der Waals surface area contributed by atoms with Crippen LogP contribution in [0.15, 0.2) is 12.5 Å². The van der Waals surface area contributed by atoms with E-state index in [0.717, 1.165) is 5.69 Å². The smallest absolute Gasteiger partial charge is 0.307 e. The van der Waals surface area contributed by atoms with Gasteiger partial charge >= 0.3 is 5.97 Å². The maximum absolute atomic E-state index is 11.4. The highest BCUT2D eigenvalue weighted by atomic mass is 16.4. The van der Waals surface area contributed by atoms with Crippen molar-refractivity contribution in [2.45, 2.75) is 12.8 Å². The molecule has 86 valence electrons. The Kier molecular flexibility index (Phi) is 2.89. The van der Waals surface area contributed by atoms with Gasteiger partial charge in [0.15, 0.2) is 0 Å². The third kappa shape index (κ3) is 2.39. The summed E-state index contributed by atoms with van der Waals surface area (Å²) in [5.41, 5.74) is 0.950. The third-order valence-electron chi connectivity index (χ3n) is 2.69. The molecule has 0 aliphatic heterocycles. The van der Waals surface area contributed by atoms with Crippen LogP contribution in [0.5, 0.6) is 0 Å². The van der Waals surface area contributed by atoms with Crippen molar-refractivity contribution in [1.29, 1.82) is 0 Å². The second-order valence-electron chi connectivity index (χ2n) is 3.90. The second-order valence-corrected chi connectivity index (χ2v) is 3.90. The Balaban J connectivity index is 1.68. The number of nitrogens with one attached hydrogen (secondary N) is 2. The molecule has 2 atom stereocenters. The van der Waals surface area contributed by atoms with Crippen molar-refractivity contribution in [2.24, 2.45) is 11.8 Å².